The number of hydrogen-bond donors (Lipinski definition) is 0. The van der Waals surface area contributed by atoms with Gasteiger partial charge in [0.1, 0.15) is 0 Å². The van der Waals surface area contributed by atoms with Gasteiger partial charge in [-0.25, -0.2) is 0 Å². The van der Waals surface area contributed by atoms with Gasteiger partial charge in [0.2, 0.25) is 0 Å². The van der Waals surface area contributed by atoms with Crippen molar-refractivity contribution in [2.75, 3.05) is 0 Å². The Hall–Kier alpha value is -5.60. The molecule has 0 spiro atoms. The number of nitrogens with zero attached hydrogens (tertiary/aromatic N) is 2. The van der Waals surface area contributed by atoms with Crippen molar-refractivity contribution in [2.45, 2.75) is 0 Å². The minimum atomic E-state index is 1.18. The predicted octanol–water partition coefficient (Wildman–Crippen LogP) is 10.7. The summed E-state index contributed by atoms with van der Waals surface area (Å²) in [6.07, 6.45) is 0. The molecule has 1 aliphatic rings. The molecule has 2 heteroatoms. The van der Waals surface area contributed by atoms with Crippen molar-refractivity contribution in [3.05, 3.63) is 146 Å². The summed E-state index contributed by atoms with van der Waals surface area (Å²) in [5.41, 5.74) is 12.6. The van der Waals surface area contributed by atoms with Gasteiger partial charge in [0.15, 0.2) is 0 Å². The maximum absolute atomic E-state index is 2.45. The average Bonchev–Trinajstić information content (AvgIpc) is 3.68. The van der Waals surface area contributed by atoms with Gasteiger partial charge < -0.3 is 9.13 Å². The van der Waals surface area contributed by atoms with E-state index in [2.05, 4.69) is 155 Å². The van der Waals surface area contributed by atoms with Crippen molar-refractivity contribution in [1.82, 2.24) is 9.13 Å². The summed E-state index contributed by atoms with van der Waals surface area (Å²) in [5.74, 6) is 0. The minimum absolute atomic E-state index is 1.18. The molecule has 0 fully saturated rings. The van der Waals surface area contributed by atoms with Gasteiger partial charge in [-0.3, -0.25) is 0 Å². The maximum atomic E-state index is 2.45. The normalized spacial score (nSPS) is 12.3. The second-order valence-corrected chi connectivity index (χ2v) is 11.4. The molecule has 0 amide bonds. The van der Waals surface area contributed by atoms with E-state index in [0.717, 1.165) is 0 Å². The van der Waals surface area contributed by atoms with Crippen LogP contribution in [0.4, 0.5) is 0 Å². The summed E-state index contributed by atoms with van der Waals surface area (Å²) in [5, 5.41) is 7.73. The predicted molar refractivity (Wildman–Crippen MR) is 177 cm³/mol. The molecular weight excluding hydrogens is 508 g/mol. The Morgan fingerprint density at radius 3 is 1.52 bits per heavy atom. The Balaban J connectivity index is 1.27. The molecule has 0 unspecified atom stereocenters. The van der Waals surface area contributed by atoms with Crippen LogP contribution in [0.25, 0.3) is 88.0 Å². The Morgan fingerprint density at radius 2 is 0.833 bits per heavy atom. The number of hydrogen-bond acceptors (Lipinski definition) is 0. The highest BCUT2D eigenvalue weighted by atomic mass is 15.0. The van der Waals surface area contributed by atoms with Crippen LogP contribution in [0.15, 0.2) is 146 Å². The Bertz CT molecular complexity index is 2520. The topological polar surface area (TPSA) is 9.86 Å². The third kappa shape index (κ3) is 2.78. The lowest BCUT2D eigenvalue weighted by atomic mass is 10.0. The molecule has 0 aliphatic heterocycles. The van der Waals surface area contributed by atoms with Crippen LogP contribution >= 0.6 is 0 Å². The molecular formula is C40H24N2. The SMILES string of the molecule is c1ccc2c(c1)-c1cccc3cc(-n4c5ccccc5c5cc(-n6c7ccccc7c7ccccc76)ccc54)cc-2c13. The highest BCUT2D eigenvalue weighted by Gasteiger charge is 2.23. The average molecular weight is 533 g/mol. The first-order valence-electron chi connectivity index (χ1n) is 14.5. The number of fused-ring (bicyclic) bond motifs is 9. The van der Waals surface area contributed by atoms with Gasteiger partial charge in [-0.05, 0) is 81.6 Å². The van der Waals surface area contributed by atoms with Crippen molar-refractivity contribution in [2.24, 2.45) is 0 Å². The fourth-order valence-corrected chi connectivity index (χ4v) is 7.51. The van der Waals surface area contributed by atoms with Crippen molar-refractivity contribution in [3.63, 3.8) is 0 Å². The molecule has 0 bridgehead atoms. The summed E-state index contributed by atoms with van der Waals surface area (Å²) >= 11 is 0. The van der Waals surface area contributed by atoms with Gasteiger partial charge >= 0.3 is 0 Å². The lowest BCUT2D eigenvalue weighted by Gasteiger charge is -2.12. The van der Waals surface area contributed by atoms with Crippen molar-refractivity contribution in [3.8, 4) is 33.6 Å². The van der Waals surface area contributed by atoms with Crippen molar-refractivity contribution >= 4 is 54.4 Å². The second kappa shape index (κ2) is 7.99. The first-order valence-corrected chi connectivity index (χ1v) is 14.5. The quantitative estimate of drug-likeness (QED) is 0.210. The Labute approximate surface area is 242 Å². The fraction of sp³-hybridized carbons (Fsp3) is 0. The number of para-hydroxylation sites is 3. The van der Waals surface area contributed by atoms with Crippen molar-refractivity contribution in [1.29, 1.82) is 0 Å². The molecule has 0 radical (unpaired) electrons. The van der Waals surface area contributed by atoms with E-state index in [1.165, 1.54) is 88.0 Å². The zero-order chi connectivity index (χ0) is 27.4. The lowest BCUT2D eigenvalue weighted by Crippen LogP contribution is -1.96. The molecule has 42 heavy (non-hydrogen) atoms. The molecule has 0 saturated heterocycles. The third-order valence-corrected chi connectivity index (χ3v) is 9.22. The largest absolute Gasteiger partial charge is 0.309 e. The monoisotopic (exact) mass is 532 g/mol. The molecule has 2 nitrogen and oxygen atoms in total. The molecule has 0 atom stereocenters. The number of rotatable bonds is 2. The summed E-state index contributed by atoms with van der Waals surface area (Å²) in [6.45, 7) is 0. The van der Waals surface area contributed by atoms with Crippen LogP contribution in [-0.4, -0.2) is 9.13 Å². The zero-order valence-electron chi connectivity index (χ0n) is 22.8. The van der Waals surface area contributed by atoms with Crippen LogP contribution in [0.2, 0.25) is 0 Å². The maximum Gasteiger partial charge on any atom is 0.0542 e. The third-order valence-electron chi connectivity index (χ3n) is 9.22. The molecule has 2 heterocycles. The summed E-state index contributed by atoms with van der Waals surface area (Å²) in [4.78, 5) is 0. The van der Waals surface area contributed by atoms with Gasteiger partial charge in [-0.15, -0.1) is 0 Å². The van der Waals surface area contributed by atoms with Gasteiger partial charge in [-0.2, -0.15) is 0 Å². The van der Waals surface area contributed by atoms with E-state index >= 15 is 0 Å². The van der Waals surface area contributed by atoms with Crippen LogP contribution < -0.4 is 0 Å². The van der Waals surface area contributed by atoms with E-state index < -0.39 is 0 Å². The van der Waals surface area contributed by atoms with Crippen LogP contribution in [0, 0.1) is 0 Å². The second-order valence-electron chi connectivity index (χ2n) is 11.4. The molecule has 2 aromatic heterocycles. The van der Waals surface area contributed by atoms with Crippen LogP contribution in [0.1, 0.15) is 0 Å². The molecule has 194 valence electrons. The Morgan fingerprint density at radius 1 is 0.310 bits per heavy atom. The first kappa shape index (κ1) is 22.1. The van der Waals surface area contributed by atoms with Gasteiger partial charge in [0.25, 0.3) is 0 Å². The van der Waals surface area contributed by atoms with E-state index in [9.17, 15) is 0 Å². The smallest absolute Gasteiger partial charge is 0.0542 e. The summed E-state index contributed by atoms with van der Waals surface area (Å²) in [6, 6.07) is 53.5. The minimum Gasteiger partial charge on any atom is -0.309 e. The van der Waals surface area contributed by atoms with Gasteiger partial charge in [-0.1, -0.05) is 97.1 Å². The molecule has 10 rings (SSSR count). The van der Waals surface area contributed by atoms with E-state index in [1.54, 1.807) is 0 Å². The van der Waals surface area contributed by atoms with E-state index in [4.69, 9.17) is 0 Å². The van der Waals surface area contributed by atoms with Gasteiger partial charge in [0, 0.05) is 32.9 Å². The number of aromatic nitrogens is 2. The van der Waals surface area contributed by atoms with E-state index in [1.807, 2.05) is 0 Å². The Kier molecular flexibility index (Phi) is 4.21. The first-order chi connectivity index (χ1) is 20.8. The molecule has 0 N–H and O–H groups in total. The number of benzene rings is 7. The molecule has 9 aromatic rings. The lowest BCUT2D eigenvalue weighted by molar-refractivity contribution is 1.17. The van der Waals surface area contributed by atoms with Crippen LogP contribution in [-0.2, 0) is 0 Å². The molecule has 7 aromatic carbocycles. The highest BCUT2D eigenvalue weighted by molar-refractivity contribution is 6.17. The molecule has 0 saturated carbocycles. The zero-order valence-corrected chi connectivity index (χ0v) is 22.8. The van der Waals surface area contributed by atoms with Crippen LogP contribution in [0.3, 0.4) is 0 Å². The van der Waals surface area contributed by atoms with Gasteiger partial charge in [0.05, 0.1) is 22.1 Å². The van der Waals surface area contributed by atoms with Crippen LogP contribution in [0.5, 0.6) is 0 Å². The van der Waals surface area contributed by atoms with E-state index in [0.29, 0.717) is 0 Å². The van der Waals surface area contributed by atoms with Crippen molar-refractivity contribution < 1.29 is 0 Å². The summed E-state index contributed by atoms with van der Waals surface area (Å²) < 4.78 is 4.86. The highest BCUT2D eigenvalue weighted by Crippen LogP contribution is 2.48. The standard InChI is InChI=1S/C40H24N2/c1-2-12-29-28(11-1)33-16-9-10-25-22-27(24-35(29)40(25)33)42-38-19-8-5-15-32(38)34-23-26(20-21-39(34)42)41-36-17-6-3-13-30(36)31-14-4-7-18-37(31)41/h1-24H. The summed E-state index contributed by atoms with van der Waals surface area (Å²) in [7, 11) is 0. The fourth-order valence-electron chi connectivity index (χ4n) is 7.51. The van der Waals surface area contributed by atoms with E-state index in [-0.39, 0.29) is 0 Å². The molecule has 1 aliphatic carbocycles.